The van der Waals surface area contributed by atoms with Gasteiger partial charge in [0.2, 0.25) is 0 Å². The van der Waals surface area contributed by atoms with E-state index in [0.29, 0.717) is 0 Å². The molecule has 0 radical (unpaired) electrons. The van der Waals surface area contributed by atoms with Gasteiger partial charge in [-0.3, -0.25) is 0 Å². The summed E-state index contributed by atoms with van der Waals surface area (Å²) in [6, 6.07) is 57.1. The topological polar surface area (TPSA) is 22.4 Å². The minimum Gasteiger partial charge on any atom is -0.453 e. The van der Waals surface area contributed by atoms with Gasteiger partial charge in [0, 0.05) is 10.8 Å². The molecular weight excluding hydrogens is 548 g/mol. The van der Waals surface area contributed by atoms with E-state index in [1.165, 1.54) is 22.3 Å². The first-order valence-electron chi connectivity index (χ1n) is 15.3. The van der Waals surface area contributed by atoms with Crippen molar-refractivity contribution < 1.29 is 9.15 Å². The molecule has 0 unspecified atom stereocenters. The van der Waals surface area contributed by atoms with E-state index in [-0.39, 0.29) is 0 Å². The Kier molecular flexibility index (Phi) is 6.73. The molecule has 0 saturated heterocycles. The Morgan fingerprint density at radius 2 is 0.956 bits per heavy atom. The lowest BCUT2D eigenvalue weighted by molar-refractivity contribution is 0.473. The summed E-state index contributed by atoms with van der Waals surface area (Å²) in [4.78, 5) is 0. The molecule has 7 aromatic carbocycles. The number of furan rings is 1. The Morgan fingerprint density at radius 1 is 0.444 bits per heavy atom. The average Bonchev–Trinajstić information content (AvgIpc) is 3.50. The summed E-state index contributed by atoms with van der Waals surface area (Å²) >= 11 is 0. The van der Waals surface area contributed by atoms with E-state index in [0.717, 1.165) is 61.3 Å². The monoisotopic (exact) mass is 578 g/mol. The van der Waals surface area contributed by atoms with E-state index in [1.807, 2.05) is 24.3 Å². The molecule has 0 aliphatic carbocycles. The summed E-state index contributed by atoms with van der Waals surface area (Å²) in [5, 5.41) is 2.12. The molecule has 45 heavy (non-hydrogen) atoms. The molecule has 8 aromatic rings. The van der Waals surface area contributed by atoms with Gasteiger partial charge in [0.05, 0.1) is 0 Å². The van der Waals surface area contributed by atoms with Crippen LogP contribution in [0, 0.1) is 6.92 Å². The first-order valence-corrected chi connectivity index (χ1v) is 15.3. The zero-order valence-corrected chi connectivity index (χ0v) is 24.9. The van der Waals surface area contributed by atoms with Gasteiger partial charge in [-0.05, 0) is 93.4 Å². The molecule has 0 fully saturated rings. The molecule has 1 aromatic heterocycles. The molecule has 2 heteroatoms. The van der Waals surface area contributed by atoms with Gasteiger partial charge in [-0.25, -0.2) is 0 Å². The van der Waals surface area contributed by atoms with Crippen molar-refractivity contribution in [3.63, 3.8) is 0 Å². The third kappa shape index (κ3) is 5.07. The van der Waals surface area contributed by atoms with Crippen LogP contribution in [0.2, 0.25) is 0 Å². The van der Waals surface area contributed by atoms with Crippen LogP contribution in [-0.4, -0.2) is 0 Å². The predicted octanol–water partition coefficient (Wildman–Crippen LogP) is 12.4. The second-order valence-electron chi connectivity index (χ2n) is 11.4. The predicted molar refractivity (Wildman–Crippen MR) is 187 cm³/mol. The number of hydrogen-bond donors (Lipinski definition) is 0. The highest BCUT2D eigenvalue weighted by molar-refractivity contribution is 6.15. The second kappa shape index (κ2) is 11.3. The standard InChI is InChI=1S/C43H30O2/c1-29-26-38(36-19-11-18-34(27-36)31-14-7-3-8-15-31)41-39-28-35(32-16-9-4-10-17-32)22-25-40(39)45-43(41)42(29)44-37-23-20-33(21-24-37)30-12-5-2-6-13-30/h2-28H,1H3. The maximum atomic E-state index is 6.67. The Labute approximate surface area is 262 Å². The SMILES string of the molecule is Cc1cc(-c2cccc(-c3ccccc3)c2)c2c(oc3ccc(-c4ccccc4)cc32)c1Oc1ccc(-c2ccccc2)cc1. The second-order valence-corrected chi connectivity index (χ2v) is 11.4. The van der Waals surface area contributed by atoms with Gasteiger partial charge < -0.3 is 9.15 Å². The van der Waals surface area contributed by atoms with Gasteiger partial charge >= 0.3 is 0 Å². The third-order valence-electron chi connectivity index (χ3n) is 8.45. The molecule has 0 amide bonds. The lowest BCUT2D eigenvalue weighted by atomic mass is 9.93. The number of ether oxygens (including phenoxy) is 1. The van der Waals surface area contributed by atoms with E-state index < -0.39 is 0 Å². The molecule has 214 valence electrons. The maximum Gasteiger partial charge on any atom is 0.178 e. The van der Waals surface area contributed by atoms with Gasteiger partial charge in [-0.15, -0.1) is 0 Å². The lowest BCUT2D eigenvalue weighted by Gasteiger charge is -2.14. The quantitative estimate of drug-likeness (QED) is 0.196. The van der Waals surface area contributed by atoms with Crippen LogP contribution >= 0.6 is 0 Å². The fourth-order valence-electron chi connectivity index (χ4n) is 6.18. The Bertz CT molecular complexity index is 2260. The smallest absolute Gasteiger partial charge is 0.178 e. The summed E-state index contributed by atoms with van der Waals surface area (Å²) in [7, 11) is 0. The fourth-order valence-corrected chi connectivity index (χ4v) is 6.18. The largest absolute Gasteiger partial charge is 0.453 e. The van der Waals surface area contributed by atoms with Crippen LogP contribution in [0.3, 0.4) is 0 Å². The summed E-state index contributed by atoms with van der Waals surface area (Å²) in [6.45, 7) is 2.10. The Morgan fingerprint density at radius 3 is 1.60 bits per heavy atom. The van der Waals surface area contributed by atoms with Crippen molar-refractivity contribution in [2.24, 2.45) is 0 Å². The molecule has 0 aliphatic heterocycles. The minimum atomic E-state index is 0.734. The molecule has 0 aliphatic rings. The van der Waals surface area contributed by atoms with Gasteiger partial charge in [0.1, 0.15) is 11.3 Å². The first kappa shape index (κ1) is 26.7. The van der Waals surface area contributed by atoms with Crippen LogP contribution < -0.4 is 4.74 Å². The molecule has 8 rings (SSSR count). The Hall–Kier alpha value is -5.86. The van der Waals surface area contributed by atoms with E-state index in [9.17, 15) is 0 Å². The van der Waals surface area contributed by atoms with Crippen LogP contribution in [0.5, 0.6) is 11.5 Å². The van der Waals surface area contributed by atoms with Crippen LogP contribution in [0.4, 0.5) is 0 Å². The summed E-state index contributed by atoms with van der Waals surface area (Å²) in [5.74, 6) is 1.50. The van der Waals surface area contributed by atoms with Gasteiger partial charge in [-0.2, -0.15) is 0 Å². The highest BCUT2D eigenvalue weighted by atomic mass is 16.5. The van der Waals surface area contributed by atoms with Crippen molar-refractivity contribution in [2.45, 2.75) is 6.92 Å². The van der Waals surface area contributed by atoms with Gasteiger partial charge in [-0.1, -0.05) is 127 Å². The van der Waals surface area contributed by atoms with E-state index in [1.54, 1.807) is 0 Å². The number of hydrogen-bond acceptors (Lipinski definition) is 2. The van der Waals surface area contributed by atoms with Crippen molar-refractivity contribution >= 4 is 21.9 Å². The number of aryl methyl sites for hydroxylation is 1. The molecule has 1 heterocycles. The zero-order chi connectivity index (χ0) is 30.2. The van der Waals surface area contributed by atoms with Crippen molar-refractivity contribution in [3.05, 3.63) is 169 Å². The first-order chi connectivity index (χ1) is 22.2. The van der Waals surface area contributed by atoms with Gasteiger partial charge in [0.25, 0.3) is 0 Å². The summed E-state index contributed by atoms with van der Waals surface area (Å²) in [6.07, 6.45) is 0. The Balaban J connectivity index is 1.30. The van der Waals surface area contributed by atoms with Gasteiger partial charge in [0.15, 0.2) is 11.3 Å². The summed E-state index contributed by atoms with van der Waals surface area (Å²) in [5.41, 5.74) is 11.9. The maximum absolute atomic E-state index is 6.67. The zero-order valence-electron chi connectivity index (χ0n) is 24.9. The lowest BCUT2D eigenvalue weighted by Crippen LogP contribution is -1.91. The van der Waals surface area contributed by atoms with E-state index in [2.05, 4.69) is 146 Å². The van der Waals surface area contributed by atoms with Crippen molar-refractivity contribution in [1.82, 2.24) is 0 Å². The van der Waals surface area contributed by atoms with E-state index >= 15 is 0 Å². The van der Waals surface area contributed by atoms with Crippen LogP contribution in [-0.2, 0) is 0 Å². The highest BCUT2D eigenvalue weighted by Crippen LogP contribution is 2.46. The molecule has 0 saturated carbocycles. The molecule has 0 spiro atoms. The van der Waals surface area contributed by atoms with Crippen LogP contribution in [0.25, 0.3) is 66.4 Å². The third-order valence-corrected chi connectivity index (χ3v) is 8.45. The highest BCUT2D eigenvalue weighted by Gasteiger charge is 2.21. The van der Waals surface area contributed by atoms with Crippen molar-refractivity contribution in [3.8, 4) is 56.0 Å². The normalized spacial score (nSPS) is 11.2. The molecular formula is C43H30O2. The van der Waals surface area contributed by atoms with Crippen molar-refractivity contribution in [1.29, 1.82) is 0 Å². The molecule has 2 nitrogen and oxygen atoms in total. The average molecular weight is 579 g/mol. The number of fused-ring (bicyclic) bond motifs is 3. The van der Waals surface area contributed by atoms with E-state index in [4.69, 9.17) is 9.15 Å². The summed E-state index contributed by atoms with van der Waals surface area (Å²) < 4.78 is 13.3. The molecule has 0 bridgehead atoms. The van der Waals surface area contributed by atoms with Crippen molar-refractivity contribution in [2.75, 3.05) is 0 Å². The molecule has 0 N–H and O–H groups in total. The number of rotatable bonds is 6. The fraction of sp³-hybridized carbons (Fsp3) is 0.0233. The van der Waals surface area contributed by atoms with Crippen LogP contribution in [0.15, 0.2) is 168 Å². The number of benzene rings is 7. The minimum absolute atomic E-state index is 0.734. The van der Waals surface area contributed by atoms with Crippen LogP contribution in [0.1, 0.15) is 5.56 Å². The molecule has 0 atom stereocenters.